The summed E-state index contributed by atoms with van der Waals surface area (Å²) < 4.78 is 1.87. The van der Waals surface area contributed by atoms with Gasteiger partial charge in [-0.15, -0.1) is 0 Å². The summed E-state index contributed by atoms with van der Waals surface area (Å²) in [5.74, 6) is 0. The maximum Gasteiger partial charge on any atom is 0.0665 e. The van der Waals surface area contributed by atoms with Crippen molar-refractivity contribution in [2.75, 3.05) is 0 Å². The van der Waals surface area contributed by atoms with Crippen LogP contribution in [0.25, 0.3) is 5.52 Å². The zero-order chi connectivity index (χ0) is 8.55. The summed E-state index contributed by atoms with van der Waals surface area (Å²) in [5, 5.41) is 4.18. The summed E-state index contributed by atoms with van der Waals surface area (Å²) in [6.45, 7) is 1.95. The standard InChI is InChI=1S/C9H11N3/c1-7(10)9-4-2-3-8-5-6-11-12(8)9/h2-7H,10H2,1H3/t7-/m0/s1. The topological polar surface area (TPSA) is 43.3 Å². The van der Waals surface area contributed by atoms with Crippen molar-refractivity contribution in [1.29, 1.82) is 0 Å². The number of hydrogen-bond acceptors (Lipinski definition) is 2. The Labute approximate surface area is 70.8 Å². The number of fused-ring (bicyclic) bond motifs is 1. The minimum absolute atomic E-state index is 0.0219. The number of nitrogens with two attached hydrogens (primary N) is 1. The van der Waals surface area contributed by atoms with Crippen LogP contribution in [-0.4, -0.2) is 9.61 Å². The highest BCUT2D eigenvalue weighted by atomic mass is 15.2. The van der Waals surface area contributed by atoms with Crippen LogP contribution in [0.5, 0.6) is 0 Å². The molecule has 0 radical (unpaired) electrons. The first-order chi connectivity index (χ1) is 5.79. The van der Waals surface area contributed by atoms with E-state index in [1.165, 1.54) is 0 Å². The molecule has 62 valence electrons. The summed E-state index contributed by atoms with van der Waals surface area (Å²) in [6, 6.07) is 7.99. The molecular weight excluding hydrogens is 150 g/mol. The Morgan fingerprint density at radius 3 is 3.00 bits per heavy atom. The first-order valence-corrected chi connectivity index (χ1v) is 3.97. The number of nitrogens with zero attached hydrogens (tertiary/aromatic N) is 2. The van der Waals surface area contributed by atoms with Gasteiger partial charge in [0.25, 0.3) is 0 Å². The zero-order valence-electron chi connectivity index (χ0n) is 6.94. The van der Waals surface area contributed by atoms with Crippen LogP contribution in [0.1, 0.15) is 18.7 Å². The summed E-state index contributed by atoms with van der Waals surface area (Å²) in [5.41, 5.74) is 7.91. The number of rotatable bonds is 1. The Morgan fingerprint density at radius 1 is 1.42 bits per heavy atom. The monoisotopic (exact) mass is 161 g/mol. The van der Waals surface area contributed by atoms with Gasteiger partial charge in [-0.05, 0) is 25.1 Å². The molecule has 0 unspecified atom stereocenters. The van der Waals surface area contributed by atoms with Crippen LogP contribution in [0.3, 0.4) is 0 Å². The van der Waals surface area contributed by atoms with Crippen LogP contribution in [0.15, 0.2) is 30.5 Å². The van der Waals surface area contributed by atoms with Crippen molar-refractivity contribution >= 4 is 5.52 Å². The second-order valence-corrected chi connectivity index (χ2v) is 2.91. The molecular formula is C9H11N3. The van der Waals surface area contributed by atoms with Crippen molar-refractivity contribution in [2.45, 2.75) is 13.0 Å². The van der Waals surface area contributed by atoms with Crippen molar-refractivity contribution < 1.29 is 0 Å². The molecule has 0 aliphatic heterocycles. The Bertz CT molecular complexity index is 389. The van der Waals surface area contributed by atoms with Gasteiger partial charge in [-0.3, -0.25) is 0 Å². The van der Waals surface area contributed by atoms with Crippen LogP contribution < -0.4 is 5.73 Å². The van der Waals surface area contributed by atoms with Gasteiger partial charge in [-0.25, -0.2) is 4.52 Å². The molecule has 2 N–H and O–H groups in total. The van der Waals surface area contributed by atoms with Crippen molar-refractivity contribution in [3.63, 3.8) is 0 Å². The van der Waals surface area contributed by atoms with Gasteiger partial charge in [0.15, 0.2) is 0 Å². The van der Waals surface area contributed by atoms with E-state index >= 15 is 0 Å². The third kappa shape index (κ3) is 0.987. The minimum atomic E-state index is 0.0219. The smallest absolute Gasteiger partial charge is 0.0665 e. The number of pyridine rings is 1. The Hall–Kier alpha value is -1.35. The van der Waals surface area contributed by atoms with Gasteiger partial charge in [0.05, 0.1) is 11.2 Å². The third-order valence-corrected chi connectivity index (χ3v) is 1.92. The first kappa shape index (κ1) is 7.31. The molecule has 2 aromatic rings. The van der Waals surface area contributed by atoms with Gasteiger partial charge < -0.3 is 5.73 Å². The molecule has 0 aliphatic rings. The van der Waals surface area contributed by atoms with E-state index in [0.717, 1.165) is 11.2 Å². The van der Waals surface area contributed by atoms with E-state index in [1.54, 1.807) is 6.20 Å². The van der Waals surface area contributed by atoms with E-state index in [2.05, 4.69) is 5.10 Å². The van der Waals surface area contributed by atoms with E-state index in [9.17, 15) is 0 Å². The molecule has 2 rings (SSSR count). The Balaban J connectivity index is 2.73. The van der Waals surface area contributed by atoms with Gasteiger partial charge in [0.1, 0.15) is 0 Å². The number of aromatic nitrogens is 2. The highest BCUT2D eigenvalue weighted by molar-refractivity contribution is 5.46. The average molecular weight is 161 g/mol. The van der Waals surface area contributed by atoms with Crippen LogP contribution in [0.2, 0.25) is 0 Å². The third-order valence-electron chi connectivity index (χ3n) is 1.92. The fraction of sp³-hybridized carbons (Fsp3) is 0.222. The normalized spacial score (nSPS) is 13.5. The van der Waals surface area contributed by atoms with E-state index in [1.807, 2.05) is 35.7 Å². The molecule has 1 atom stereocenters. The van der Waals surface area contributed by atoms with Gasteiger partial charge in [0.2, 0.25) is 0 Å². The van der Waals surface area contributed by atoms with E-state index in [-0.39, 0.29) is 6.04 Å². The molecule has 0 spiro atoms. The Kier molecular flexibility index (Phi) is 1.59. The minimum Gasteiger partial charge on any atom is -0.323 e. The molecule has 0 aromatic carbocycles. The summed E-state index contributed by atoms with van der Waals surface area (Å²) in [7, 11) is 0. The van der Waals surface area contributed by atoms with Crippen LogP contribution in [-0.2, 0) is 0 Å². The molecule has 0 fully saturated rings. The zero-order valence-corrected chi connectivity index (χ0v) is 6.94. The quantitative estimate of drug-likeness (QED) is 0.686. The van der Waals surface area contributed by atoms with Crippen molar-refractivity contribution in [1.82, 2.24) is 9.61 Å². The molecule has 0 amide bonds. The molecule has 0 bridgehead atoms. The molecule has 2 heterocycles. The van der Waals surface area contributed by atoms with E-state index in [4.69, 9.17) is 5.73 Å². The fourth-order valence-electron chi connectivity index (χ4n) is 1.32. The van der Waals surface area contributed by atoms with Gasteiger partial charge >= 0.3 is 0 Å². The second kappa shape index (κ2) is 2.60. The highest BCUT2D eigenvalue weighted by Gasteiger charge is 2.03. The maximum atomic E-state index is 5.78. The molecule has 3 nitrogen and oxygen atoms in total. The maximum absolute atomic E-state index is 5.78. The first-order valence-electron chi connectivity index (χ1n) is 3.97. The van der Waals surface area contributed by atoms with E-state index in [0.29, 0.717) is 0 Å². The highest BCUT2D eigenvalue weighted by Crippen LogP contribution is 2.11. The molecule has 12 heavy (non-hydrogen) atoms. The molecule has 0 saturated carbocycles. The largest absolute Gasteiger partial charge is 0.323 e. The van der Waals surface area contributed by atoms with Gasteiger partial charge in [-0.2, -0.15) is 5.10 Å². The molecule has 0 saturated heterocycles. The Morgan fingerprint density at radius 2 is 2.25 bits per heavy atom. The predicted octanol–water partition coefficient (Wildman–Crippen LogP) is 1.35. The lowest BCUT2D eigenvalue weighted by Gasteiger charge is -2.07. The van der Waals surface area contributed by atoms with Crippen molar-refractivity contribution in [2.24, 2.45) is 5.73 Å². The van der Waals surface area contributed by atoms with Gasteiger partial charge in [-0.1, -0.05) is 6.07 Å². The predicted molar refractivity (Wildman–Crippen MR) is 47.8 cm³/mol. The second-order valence-electron chi connectivity index (χ2n) is 2.91. The number of hydrogen-bond donors (Lipinski definition) is 1. The average Bonchev–Trinajstić information content (AvgIpc) is 2.49. The van der Waals surface area contributed by atoms with Crippen LogP contribution in [0, 0.1) is 0 Å². The van der Waals surface area contributed by atoms with Crippen molar-refractivity contribution in [3.8, 4) is 0 Å². The fourth-order valence-corrected chi connectivity index (χ4v) is 1.32. The van der Waals surface area contributed by atoms with Gasteiger partial charge in [0, 0.05) is 12.2 Å². The molecule has 3 heteroatoms. The summed E-state index contributed by atoms with van der Waals surface area (Å²) >= 11 is 0. The lowest BCUT2D eigenvalue weighted by Crippen LogP contribution is -2.10. The summed E-state index contributed by atoms with van der Waals surface area (Å²) in [6.07, 6.45) is 1.78. The summed E-state index contributed by atoms with van der Waals surface area (Å²) in [4.78, 5) is 0. The lowest BCUT2D eigenvalue weighted by atomic mass is 10.2. The van der Waals surface area contributed by atoms with E-state index < -0.39 is 0 Å². The van der Waals surface area contributed by atoms with Crippen molar-refractivity contribution in [3.05, 3.63) is 36.2 Å². The SMILES string of the molecule is C[C@H](N)c1cccc2ccnn12. The van der Waals surface area contributed by atoms with Crippen LogP contribution >= 0.6 is 0 Å². The lowest BCUT2D eigenvalue weighted by molar-refractivity contribution is 0.729. The molecule has 2 aromatic heterocycles. The molecule has 0 aliphatic carbocycles. The van der Waals surface area contributed by atoms with Crippen LogP contribution in [0.4, 0.5) is 0 Å².